The molecule has 2 atom stereocenters. The lowest BCUT2D eigenvalue weighted by atomic mass is 10.4. The molecule has 0 heterocycles. The highest BCUT2D eigenvalue weighted by atomic mass is 31.1. The van der Waals surface area contributed by atoms with Gasteiger partial charge in [-0.2, -0.15) is 0 Å². The summed E-state index contributed by atoms with van der Waals surface area (Å²) in [5.41, 5.74) is 0. The van der Waals surface area contributed by atoms with Crippen molar-refractivity contribution in [3.05, 3.63) is 91.0 Å². The van der Waals surface area contributed by atoms with Crippen LogP contribution in [0.15, 0.2) is 91.0 Å². The maximum absolute atomic E-state index is 10.8. The Morgan fingerprint density at radius 1 is 0.645 bits per heavy atom. The molecule has 0 aromatic heterocycles. The molecule has 162 valence electrons. The molecule has 3 rings (SSSR count). The molecular weight excluding hydrogens is 445 g/mol. The summed E-state index contributed by atoms with van der Waals surface area (Å²) >= 11 is 0. The van der Waals surface area contributed by atoms with Gasteiger partial charge in [-0.1, -0.05) is 105 Å². The summed E-state index contributed by atoms with van der Waals surface area (Å²) < 4.78 is 9.93. The van der Waals surface area contributed by atoms with Gasteiger partial charge in [-0.25, -0.2) is 0 Å². The van der Waals surface area contributed by atoms with Gasteiger partial charge in [0.2, 0.25) is 0 Å². The van der Waals surface area contributed by atoms with Crippen molar-refractivity contribution in [2.75, 3.05) is 0 Å². The molecule has 2 unspecified atom stereocenters. The normalized spacial score (nSPS) is 10.0. The van der Waals surface area contributed by atoms with Crippen molar-refractivity contribution in [1.29, 1.82) is 0 Å². The zero-order valence-electron chi connectivity index (χ0n) is 17.7. The number of hydrogen-bond donors (Lipinski definition) is 0. The van der Waals surface area contributed by atoms with Crippen LogP contribution in [0.2, 0.25) is 0 Å². The fourth-order valence-corrected chi connectivity index (χ4v) is 3.40. The van der Waals surface area contributed by atoms with E-state index in [1.165, 1.54) is 0 Å². The topological polar surface area (TPSA) is 52.6 Å². The van der Waals surface area contributed by atoms with Crippen molar-refractivity contribution in [3.63, 3.8) is 0 Å². The van der Waals surface area contributed by atoms with E-state index in [4.69, 9.17) is 9.05 Å². The predicted octanol–water partition coefficient (Wildman–Crippen LogP) is 5.44. The molecule has 4 nitrogen and oxygen atoms in total. The molecule has 0 bridgehead atoms. The van der Waals surface area contributed by atoms with Crippen molar-refractivity contribution < 1.29 is 18.6 Å². The molecule has 3 aromatic carbocycles. The molecule has 7 heteroatoms. The zero-order chi connectivity index (χ0) is 22.7. The summed E-state index contributed by atoms with van der Waals surface area (Å²) in [6, 6.07) is 29.2. The first-order valence-corrected chi connectivity index (χ1v) is 12.1. The molecular formula is C24H27O4P3. The third-order valence-electron chi connectivity index (χ3n) is 3.45. The lowest BCUT2D eigenvalue weighted by molar-refractivity contribution is -0.133. The molecule has 0 N–H and O–H groups in total. The first-order chi connectivity index (χ1) is 15.0. The van der Waals surface area contributed by atoms with Gasteiger partial charge in [-0.3, -0.25) is 9.59 Å². The summed E-state index contributed by atoms with van der Waals surface area (Å²) in [7, 11) is 4.37. The van der Waals surface area contributed by atoms with E-state index in [0.29, 0.717) is 12.8 Å². The van der Waals surface area contributed by atoms with Crippen LogP contribution in [0.25, 0.3) is 0 Å². The Labute approximate surface area is 191 Å². The van der Waals surface area contributed by atoms with Crippen LogP contribution in [-0.2, 0) is 18.6 Å². The number of rotatable bonds is 6. The van der Waals surface area contributed by atoms with E-state index in [1.54, 1.807) is 13.8 Å². The fraction of sp³-hybridized carbons (Fsp3) is 0.167. The average molecular weight is 472 g/mol. The van der Waals surface area contributed by atoms with Gasteiger partial charge in [-0.15, -0.1) is 0 Å². The third kappa shape index (κ3) is 14.5. The average Bonchev–Trinajstić information content (AvgIpc) is 2.83. The van der Waals surface area contributed by atoms with E-state index in [9.17, 15) is 9.59 Å². The molecule has 0 spiro atoms. The van der Waals surface area contributed by atoms with Gasteiger partial charge in [-0.05, 0) is 14.5 Å². The zero-order valence-corrected chi connectivity index (χ0v) is 20.5. The van der Waals surface area contributed by atoms with Crippen molar-refractivity contribution in [2.24, 2.45) is 0 Å². The van der Waals surface area contributed by atoms with E-state index in [1.807, 2.05) is 91.0 Å². The van der Waals surface area contributed by atoms with E-state index < -0.39 is 0 Å². The monoisotopic (exact) mass is 472 g/mol. The van der Waals surface area contributed by atoms with Crippen LogP contribution in [-0.4, -0.2) is 11.9 Å². The molecule has 0 saturated carbocycles. The van der Waals surface area contributed by atoms with Crippen molar-refractivity contribution in [2.45, 2.75) is 26.7 Å². The second kappa shape index (κ2) is 17.6. The molecule has 0 saturated heterocycles. The van der Waals surface area contributed by atoms with Crippen LogP contribution in [0.5, 0.6) is 0 Å². The minimum Gasteiger partial charge on any atom is -0.443 e. The van der Waals surface area contributed by atoms with Crippen molar-refractivity contribution >= 4 is 54.7 Å². The molecule has 2 radical (unpaired) electrons. The van der Waals surface area contributed by atoms with Crippen LogP contribution in [0.3, 0.4) is 0 Å². The third-order valence-corrected chi connectivity index (χ3v) is 5.54. The highest BCUT2D eigenvalue weighted by Crippen LogP contribution is 2.12. The predicted molar refractivity (Wildman–Crippen MR) is 135 cm³/mol. The Bertz CT molecular complexity index is 804. The number of carbonyl (C=O) groups is 2. The van der Waals surface area contributed by atoms with Crippen LogP contribution in [0.1, 0.15) is 26.7 Å². The summed E-state index contributed by atoms with van der Waals surface area (Å²) in [4.78, 5) is 21.5. The van der Waals surface area contributed by atoms with Gasteiger partial charge in [0.1, 0.15) is 17.6 Å². The Hall–Kier alpha value is -2.11. The van der Waals surface area contributed by atoms with Crippen molar-refractivity contribution in [1.82, 2.24) is 0 Å². The second-order valence-corrected chi connectivity index (χ2v) is 8.41. The largest absolute Gasteiger partial charge is 0.443 e. The SMILES string of the molecule is CCC(=O)OPc1ccccc1.CCC(=O)OPc1ccccc1.[P]c1ccccc1. The van der Waals surface area contributed by atoms with E-state index in [0.717, 1.165) is 15.9 Å². The molecule has 0 aliphatic carbocycles. The summed E-state index contributed by atoms with van der Waals surface area (Å²) in [5.74, 6) is -0.283. The molecule has 0 aliphatic rings. The minimum atomic E-state index is -0.141. The maximum atomic E-state index is 10.8. The molecule has 3 aromatic rings. The number of benzene rings is 3. The summed E-state index contributed by atoms with van der Waals surface area (Å²) in [5, 5.41) is 3.13. The Morgan fingerprint density at radius 3 is 1.23 bits per heavy atom. The Balaban J connectivity index is 0.000000241. The van der Waals surface area contributed by atoms with E-state index in [-0.39, 0.29) is 29.6 Å². The lowest BCUT2D eigenvalue weighted by Crippen LogP contribution is -1.99. The Morgan fingerprint density at radius 2 is 0.968 bits per heavy atom. The van der Waals surface area contributed by atoms with E-state index >= 15 is 0 Å². The van der Waals surface area contributed by atoms with Gasteiger partial charge in [0.25, 0.3) is 0 Å². The second-order valence-electron chi connectivity index (χ2n) is 5.93. The van der Waals surface area contributed by atoms with Gasteiger partial charge in [0.15, 0.2) is 0 Å². The van der Waals surface area contributed by atoms with E-state index in [2.05, 4.69) is 9.24 Å². The fourth-order valence-electron chi connectivity index (χ4n) is 1.82. The molecule has 0 amide bonds. The smallest absolute Gasteiger partial charge is 0.308 e. The number of hydrogen-bond acceptors (Lipinski definition) is 4. The summed E-state index contributed by atoms with van der Waals surface area (Å²) in [6.45, 7) is 3.58. The number of carbonyl (C=O) groups excluding carboxylic acids is 2. The van der Waals surface area contributed by atoms with Crippen LogP contribution in [0.4, 0.5) is 0 Å². The van der Waals surface area contributed by atoms with Gasteiger partial charge >= 0.3 is 11.9 Å². The molecule has 0 fully saturated rings. The Kier molecular flexibility index (Phi) is 15.3. The highest BCUT2D eigenvalue weighted by Gasteiger charge is 1.99. The lowest BCUT2D eigenvalue weighted by Gasteiger charge is -2.01. The quantitative estimate of drug-likeness (QED) is 0.449. The maximum Gasteiger partial charge on any atom is 0.308 e. The highest BCUT2D eigenvalue weighted by molar-refractivity contribution is 7.42. The standard InChI is InChI=1S/2C9H11O2P.C6H5P/c2*1-2-9(10)11-12-8-6-4-3-5-7-8;7-6-4-2-1-3-5-6/h2*3-7,12H,2H2,1H3;1-5H. The van der Waals surface area contributed by atoms with Gasteiger partial charge in [0.05, 0.1) is 0 Å². The van der Waals surface area contributed by atoms with Crippen LogP contribution >= 0.6 is 26.9 Å². The van der Waals surface area contributed by atoms with Crippen LogP contribution < -0.4 is 15.9 Å². The van der Waals surface area contributed by atoms with Crippen molar-refractivity contribution in [3.8, 4) is 0 Å². The molecule has 0 aliphatic heterocycles. The van der Waals surface area contributed by atoms with Gasteiger partial charge < -0.3 is 9.05 Å². The first-order valence-electron chi connectivity index (χ1n) is 9.80. The molecule has 31 heavy (non-hydrogen) atoms. The van der Waals surface area contributed by atoms with Gasteiger partial charge in [0, 0.05) is 23.5 Å². The summed E-state index contributed by atoms with van der Waals surface area (Å²) in [6.07, 6.45) is 0.889. The van der Waals surface area contributed by atoms with Crippen LogP contribution in [0, 0.1) is 0 Å². The minimum absolute atomic E-state index is 0.141. The first kappa shape index (κ1) is 26.9.